The fourth-order valence-electron chi connectivity index (χ4n) is 3.77. The number of hydrogen-bond donors (Lipinski definition) is 1. The number of benzene rings is 1. The SMILES string of the molecule is Cc1cccc(N2C[C@H](C(=O)NCCC3=CCCCC3)CC2=O)c1C. The molecular formula is C21H28N2O2. The van der Waals surface area contributed by atoms with Gasteiger partial charge in [-0.05, 0) is 63.1 Å². The lowest BCUT2D eigenvalue weighted by Gasteiger charge is -2.20. The van der Waals surface area contributed by atoms with E-state index in [0.717, 1.165) is 24.1 Å². The molecule has 2 amide bonds. The van der Waals surface area contributed by atoms with Crippen molar-refractivity contribution >= 4 is 17.5 Å². The van der Waals surface area contributed by atoms with E-state index in [2.05, 4.69) is 11.4 Å². The molecule has 1 N–H and O–H groups in total. The highest BCUT2D eigenvalue weighted by atomic mass is 16.2. The maximum absolute atomic E-state index is 12.5. The zero-order chi connectivity index (χ0) is 17.8. The molecule has 0 saturated carbocycles. The molecule has 0 radical (unpaired) electrons. The summed E-state index contributed by atoms with van der Waals surface area (Å²) < 4.78 is 0. The van der Waals surface area contributed by atoms with Gasteiger partial charge in [-0.2, -0.15) is 0 Å². The highest BCUT2D eigenvalue weighted by Crippen LogP contribution is 2.29. The first-order chi connectivity index (χ1) is 12.1. The largest absolute Gasteiger partial charge is 0.355 e. The Hall–Kier alpha value is -2.10. The summed E-state index contributed by atoms with van der Waals surface area (Å²) in [5.41, 5.74) is 4.68. The molecule has 4 nitrogen and oxygen atoms in total. The second kappa shape index (κ2) is 7.85. The van der Waals surface area contributed by atoms with Crippen LogP contribution < -0.4 is 10.2 Å². The lowest BCUT2D eigenvalue weighted by molar-refractivity contribution is -0.126. The van der Waals surface area contributed by atoms with Crippen LogP contribution in [-0.2, 0) is 9.59 Å². The first-order valence-electron chi connectivity index (χ1n) is 9.38. The zero-order valence-electron chi connectivity index (χ0n) is 15.3. The third kappa shape index (κ3) is 4.12. The molecule has 4 heteroatoms. The number of amides is 2. The lowest BCUT2D eigenvalue weighted by Crippen LogP contribution is -2.33. The standard InChI is InChI=1S/C21H28N2O2/c1-15-7-6-10-19(16(15)2)23-14-18(13-20(23)24)21(25)22-12-11-17-8-4-3-5-9-17/h6-8,10,18H,3-5,9,11-14H2,1-2H3,(H,22,25)/t18-/m1/s1. The zero-order valence-corrected chi connectivity index (χ0v) is 15.3. The van der Waals surface area contributed by atoms with Crippen molar-refractivity contribution in [1.82, 2.24) is 5.32 Å². The monoisotopic (exact) mass is 340 g/mol. The molecule has 3 rings (SSSR count). The van der Waals surface area contributed by atoms with Crippen molar-refractivity contribution < 1.29 is 9.59 Å². The molecule has 1 aliphatic carbocycles. The number of carbonyl (C=O) groups excluding carboxylic acids is 2. The molecule has 134 valence electrons. The molecule has 1 fully saturated rings. The predicted molar refractivity (Wildman–Crippen MR) is 101 cm³/mol. The summed E-state index contributed by atoms with van der Waals surface area (Å²) in [6.07, 6.45) is 8.45. The van der Waals surface area contributed by atoms with E-state index in [-0.39, 0.29) is 17.7 Å². The lowest BCUT2D eigenvalue weighted by atomic mass is 9.97. The first-order valence-corrected chi connectivity index (χ1v) is 9.38. The number of carbonyl (C=O) groups is 2. The number of aryl methyl sites for hydroxylation is 1. The van der Waals surface area contributed by atoms with Gasteiger partial charge in [-0.25, -0.2) is 0 Å². The van der Waals surface area contributed by atoms with Crippen molar-refractivity contribution in [2.24, 2.45) is 5.92 Å². The molecule has 1 aromatic carbocycles. The summed E-state index contributed by atoms with van der Waals surface area (Å²) >= 11 is 0. The van der Waals surface area contributed by atoms with Gasteiger partial charge in [-0.3, -0.25) is 9.59 Å². The predicted octanol–water partition coefficient (Wildman–Crippen LogP) is 3.66. The van der Waals surface area contributed by atoms with Crippen LogP contribution in [0.3, 0.4) is 0 Å². The van der Waals surface area contributed by atoms with Crippen LogP contribution in [0.4, 0.5) is 5.69 Å². The number of rotatable bonds is 5. The molecular weight excluding hydrogens is 312 g/mol. The number of nitrogens with one attached hydrogen (secondary N) is 1. The molecule has 0 aromatic heterocycles. The van der Waals surface area contributed by atoms with Gasteiger partial charge in [0, 0.05) is 25.2 Å². The Balaban J connectivity index is 1.55. The summed E-state index contributed by atoms with van der Waals surface area (Å²) in [7, 11) is 0. The topological polar surface area (TPSA) is 49.4 Å². The van der Waals surface area contributed by atoms with Gasteiger partial charge in [0.2, 0.25) is 11.8 Å². The molecule has 0 spiro atoms. The normalized spacial score (nSPS) is 20.6. The Morgan fingerprint density at radius 2 is 2.12 bits per heavy atom. The number of allylic oxidation sites excluding steroid dienone is 1. The second-order valence-corrected chi connectivity index (χ2v) is 7.27. The van der Waals surface area contributed by atoms with Gasteiger partial charge in [0.25, 0.3) is 0 Å². The van der Waals surface area contributed by atoms with Crippen molar-refractivity contribution in [1.29, 1.82) is 0 Å². The van der Waals surface area contributed by atoms with Crippen LogP contribution in [0.2, 0.25) is 0 Å². The van der Waals surface area contributed by atoms with Gasteiger partial charge in [0.15, 0.2) is 0 Å². The van der Waals surface area contributed by atoms with Crippen LogP contribution in [0.25, 0.3) is 0 Å². The van der Waals surface area contributed by atoms with Gasteiger partial charge in [0.1, 0.15) is 0 Å². The van der Waals surface area contributed by atoms with E-state index < -0.39 is 0 Å². The number of nitrogens with zero attached hydrogens (tertiary/aromatic N) is 1. The van der Waals surface area contributed by atoms with Gasteiger partial charge in [-0.15, -0.1) is 0 Å². The fraction of sp³-hybridized carbons (Fsp3) is 0.524. The summed E-state index contributed by atoms with van der Waals surface area (Å²) in [5, 5.41) is 3.03. The molecule has 0 bridgehead atoms. The van der Waals surface area contributed by atoms with Crippen LogP contribution in [0.1, 0.15) is 49.7 Å². The van der Waals surface area contributed by atoms with E-state index in [9.17, 15) is 9.59 Å². The van der Waals surface area contributed by atoms with Crippen LogP contribution in [0.5, 0.6) is 0 Å². The van der Waals surface area contributed by atoms with Crippen molar-refractivity contribution in [3.05, 3.63) is 41.0 Å². The Morgan fingerprint density at radius 3 is 2.88 bits per heavy atom. The second-order valence-electron chi connectivity index (χ2n) is 7.27. The molecule has 1 saturated heterocycles. The average molecular weight is 340 g/mol. The van der Waals surface area contributed by atoms with Gasteiger partial charge >= 0.3 is 0 Å². The Bertz CT molecular complexity index is 693. The maximum Gasteiger partial charge on any atom is 0.227 e. The van der Waals surface area contributed by atoms with E-state index in [4.69, 9.17) is 0 Å². The maximum atomic E-state index is 12.5. The Morgan fingerprint density at radius 1 is 1.28 bits per heavy atom. The van der Waals surface area contributed by atoms with E-state index in [0.29, 0.717) is 19.5 Å². The molecule has 1 atom stereocenters. The highest BCUT2D eigenvalue weighted by Gasteiger charge is 2.35. The molecule has 2 aliphatic rings. The third-order valence-electron chi connectivity index (χ3n) is 5.49. The molecule has 1 aliphatic heterocycles. The van der Waals surface area contributed by atoms with Crippen LogP contribution >= 0.6 is 0 Å². The van der Waals surface area contributed by atoms with Gasteiger partial charge in [-0.1, -0.05) is 23.8 Å². The summed E-state index contributed by atoms with van der Waals surface area (Å²) in [6, 6.07) is 5.98. The van der Waals surface area contributed by atoms with Crippen molar-refractivity contribution in [2.75, 3.05) is 18.0 Å². The fourth-order valence-corrected chi connectivity index (χ4v) is 3.77. The summed E-state index contributed by atoms with van der Waals surface area (Å²) in [4.78, 5) is 26.6. The van der Waals surface area contributed by atoms with Crippen molar-refractivity contribution in [3.8, 4) is 0 Å². The van der Waals surface area contributed by atoms with Gasteiger partial charge in [0.05, 0.1) is 5.92 Å². The van der Waals surface area contributed by atoms with E-state index in [1.807, 2.05) is 32.0 Å². The Kier molecular flexibility index (Phi) is 5.57. The quantitative estimate of drug-likeness (QED) is 0.832. The minimum Gasteiger partial charge on any atom is -0.355 e. The van der Waals surface area contributed by atoms with Crippen molar-refractivity contribution in [3.63, 3.8) is 0 Å². The number of anilines is 1. The summed E-state index contributed by atoms with van der Waals surface area (Å²) in [6.45, 7) is 5.24. The smallest absolute Gasteiger partial charge is 0.227 e. The van der Waals surface area contributed by atoms with Crippen LogP contribution in [0.15, 0.2) is 29.8 Å². The minimum absolute atomic E-state index is 0.0116. The first kappa shape index (κ1) is 17.7. The van der Waals surface area contributed by atoms with Crippen LogP contribution in [-0.4, -0.2) is 24.9 Å². The molecule has 0 unspecified atom stereocenters. The summed E-state index contributed by atoms with van der Waals surface area (Å²) in [5.74, 6) is -0.186. The van der Waals surface area contributed by atoms with Gasteiger partial charge < -0.3 is 10.2 Å². The third-order valence-corrected chi connectivity index (χ3v) is 5.49. The minimum atomic E-state index is -0.243. The molecule has 1 heterocycles. The molecule has 25 heavy (non-hydrogen) atoms. The Labute approximate surface area is 150 Å². The molecule has 1 aromatic rings. The highest BCUT2D eigenvalue weighted by molar-refractivity contribution is 6.00. The number of hydrogen-bond acceptors (Lipinski definition) is 2. The van der Waals surface area contributed by atoms with Crippen LogP contribution in [0, 0.1) is 19.8 Å². The van der Waals surface area contributed by atoms with Crippen molar-refractivity contribution in [2.45, 2.75) is 52.4 Å². The average Bonchev–Trinajstić information content (AvgIpc) is 3.00. The van der Waals surface area contributed by atoms with E-state index >= 15 is 0 Å². The van der Waals surface area contributed by atoms with E-state index in [1.54, 1.807) is 4.90 Å². The van der Waals surface area contributed by atoms with E-state index in [1.165, 1.54) is 30.4 Å².